The highest BCUT2D eigenvalue weighted by Gasteiger charge is 2.33. The van der Waals surface area contributed by atoms with E-state index in [9.17, 15) is 32.3 Å². The quantitative estimate of drug-likeness (QED) is 0.738. The zero-order chi connectivity index (χ0) is 21.1. The molecule has 1 saturated heterocycles. The van der Waals surface area contributed by atoms with Gasteiger partial charge in [-0.3, -0.25) is 9.59 Å². The molecule has 28 heavy (non-hydrogen) atoms. The van der Waals surface area contributed by atoms with Crippen molar-refractivity contribution in [2.24, 2.45) is 5.92 Å². The average Bonchev–Trinajstić information content (AvgIpc) is 2.59. The third-order valence-corrected chi connectivity index (χ3v) is 4.66. The third-order valence-electron chi connectivity index (χ3n) is 4.66. The molecule has 0 aliphatic carbocycles. The first-order chi connectivity index (χ1) is 12.9. The molecule has 0 atom stereocenters. The lowest BCUT2D eigenvalue weighted by molar-refractivity contribution is -0.149. The van der Waals surface area contributed by atoms with Crippen LogP contribution in [0, 0.1) is 5.92 Å². The van der Waals surface area contributed by atoms with Crippen molar-refractivity contribution in [3.63, 3.8) is 0 Å². The van der Waals surface area contributed by atoms with E-state index in [-0.39, 0.29) is 29.5 Å². The second-order valence-electron chi connectivity index (χ2n) is 7.60. The second-order valence-corrected chi connectivity index (χ2v) is 7.60. The number of carbonyl (C=O) groups excluding carboxylic acids is 2. The van der Waals surface area contributed by atoms with E-state index in [0.29, 0.717) is 32.0 Å². The van der Waals surface area contributed by atoms with Crippen molar-refractivity contribution in [1.82, 2.24) is 4.90 Å². The van der Waals surface area contributed by atoms with Crippen molar-refractivity contribution in [2.75, 3.05) is 18.4 Å². The third kappa shape index (κ3) is 5.92. The fourth-order valence-electron chi connectivity index (χ4n) is 3.21. The highest BCUT2D eigenvalue weighted by Crippen LogP contribution is 2.32. The summed E-state index contributed by atoms with van der Waals surface area (Å²) >= 11 is 0. The Balaban J connectivity index is 1.94. The second kappa shape index (κ2) is 8.46. The topological polar surface area (TPSA) is 69.6 Å². The van der Waals surface area contributed by atoms with Crippen molar-refractivity contribution >= 4 is 17.5 Å². The van der Waals surface area contributed by atoms with Crippen LogP contribution in [0.15, 0.2) is 18.2 Å². The molecule has 2 amide bonds. The molecule has 1 aliphatic rings. The predicted molar refractivity (Wildman–Crippen MR) is 95.1 cm³/mol. The van der Waals surface area contributed by atoms with Gasteiger partial charge in [0.05, 0.1) is 5.56 Å². The molecule has 0 spiro atoms. The van der Waals surface area contributed by atoms with E-state index in [1.165, 1.54) is 24.8 Å². The SMILES string of the molecule is CC(C)(O)C(=O)N1CCC(CC(=O)Nc2cc(CF)cc(C(F)(F)F)c2)CC1. The number of benzene rings is 1. The molecule has 1 fully saturated rings. The minimum Gasteiger partial charge on any atom is -0.381 e. The summed E-state index contributed by atoms with van der Waals surface area (Å²) in [6, 6.07) is 2.67. The number of hydrogen-bond acceptors (Lipinski definition) is 3. The summed E-state index contributed by atoms with van der Waals surface area (Å²) in [4.78, 5) is 25.8. The van der Waals surface area contributed by atoms with Crippen molar-refractivity contribution in [1.29, 1.82) is 0 Å². The lowest BCUT2D eigenvalue weighted by Crippen LogP contribution is -2.48. The van der Waals surface area contributed by atoms with E-state index in [1.54, 1.807) is 0 Å². The number of halogens is 4. The average molecular weight is 404 g/mol. The van der Waals surface area contributed by atoms with Gasteiger partial charge in [0, 0.05) is 25.2 Å². The molecular formula is C19H24F4N2O3. The molecular weight excluding hydrogens is 380 g/mol. The first kappa shape index (κ1) is 22.1. The maximum atomic E-state index is 12.9. The van der Waals surface area contributed by atoms with E-state index in [2.05, 4.69) is 5.32 Å². The van der Waals surface area contributed by atoms with Crippen LogP contribution in [0.5, 0.6) is 0 Å². The van der Waals surface area contributed by atoms with Crippen molar-refractivity contribution < 1.29 is 32.3 Å². The summed E-state index contributed by atoms with van der Waals surface area (Å²) in [6.07, 6.45) is -3.45. The van der Waals surface area contributed by atoms with Gasteiger partial charge in [0.15, 0.2) is 0 Å². The van der Waals surface area contributed by atoms with Gasteiger partial charge in [-0.1, -0.05) is 0 Å². The van der Waals surface area contributed by atoms with Gasteiger partial charge in [0.1, 0.15) is 12.3 Å². The molecule has 5 nitrogen and oxygen atoms in total. The lowest BCUT2D eigenvalue weighted by atomic mass is 9.92. The molecule has 0 radical (unpaired) electrons. The summed E-state index contributed by atoms with van der Waals surface area (Å²) in [5.41, 5.74) is -2.73. The maximum Gasteiger partial charge on any atom is 0.416 e. The largest absolute Gasteiger partial charge is 0.416 e. The van der Waals surface area contributed by atoms with E-state index in [0.717, 1.165) is 6.07 Å². The number of nitrogens with zero attached hydrogens (tertiary/aromatic N) is 1. The first-order valence-electron chi connectivity index (χ1n) is 8.99. The number of nitrogens with one attached hydrogen (secondary N) is 1. The fraction of sp³-hybridized carbons (Fsp3) is 0.579. The Bertz CT molecular complexity index is 721. The predicted octanol–water partition coefficient (Wildman–Crippen LogP) is 3.51. The van der Waals surface area contributed by atoms with Crippen molar-refractivity contribution in [3.05, 3.63) is 29.3 Å². The number of amides is 2. The maximum absolute atomic E-state index is 12.9. The van der Waals surface area contributed by atoms with Crippen molar-refractivity contribution in [3.8, 4) is 0 Å². The Morgan fingerprint density at radius 1 is 1.18 bits per heavy atom. The molecule has 2 N–H and O–H groups in total. The van der Waals surface area contributed by atoms with Gasteiger partial charge in [0.2, 0.25) is 5.91 Å². The molecule has 1 aliphatic heterocycles. The first-order valence-corrected chi connectivity index (χ1v) is 8.99. The zero-order valence-corrected chi connectivity index (χ0v) is 15.8. The van der Waals surface area contributed by atoms with Crippen LogP contribution in [0.1, 0.15) is 44.2 Å². The molecule has 1 aromatic rings. The highest BCUT2D eigenvalue weighted by atomic mass is 19.4. The van der Waals surface area contributed by atoms with Crippen LogP contribution in [0.2, 0.25) is 0 Å². The number of likely N-dealkylation sites (tertiary alicyclic amines) is 1. The van der Waals surface area contributed by atoms with Gasteiger partial charge in [0.25, 0.3) is 5.91 Å². The number of piperidine rings is 1. The summed E-state index contributed by atoms with van der Waals surface area (Å²) in [6.45, 7) is 2.55. The summed E-state index contributed by atoms with van der Waals surface area (Å²) in [7, 11) is 0. The smallest absolute Gasteiger partial charge is 0.381 e. The highest BCUT2D eigenvalue weighted by molar-refractivity contribution is 5.91. The monoisotopic (exact) mass is 404 g/mol. The summed E-state index contributed by atoms with van der Waals surface area (Å²) < 4.78 is 51.5. The number of hydrogen-bond donors (Lipinski definition) is 2. The number of alkyl halides is 4. The van der Waals surface area contributed by atoms with E-state index >= 15 is 0 Å². The lowest BCUT2D eigenvalue weighted by Gasteiger charge is -2.35. The number of rotatable bonds is 5. The number of carbonyl (C=O) groups is 2. The molecule has 0 aromatic heterocycles. The Morgan fingerprint density at radius 3 is 2.29 bits per heavy atom. The molecule has 0 unspecified atom stereocenters. The van der Waals surface area contributed by atoms with Crippen LogP contribution in [0.4, 0.5) is 23.2 Å². The number of aliphatic hydroxyl groups is 1. The van der Waals surface area contributed by atoms with Crippen LogP contribution in [0.3, 0.4) is 0 Å². The van der Waals surface area contributed by atoms with Gasteiger partial charge < -0.3 is 15.3 Å². The van der Waals surface area contributed by atoms with Crippen LogP contribution in [-0.2, 0) is 22.4 Å². The Hall–Kier alpha value is -2.16. The van der Waals surface area contributed by atoms with Crippen LogP contribution in [0.25, 0.3) is 0 Å². The molecule has 1 heterocycles. The molecule has 9 heteroatoms. The van der Waals surface area contributed by atoms with Crippen LogP contribution < -0.4 is 5.32 Å². The Kier molecular flexibility index (Phi) is 6.69. The Morgan fingerprint density at radius 2 is 1.79 bits per heavy atom. The van der Waals surface area contributed by atoms with Gasteiger partial charge in [-0.15, -0.1) is 0 Å². The normalized spacial score (nSPS) is 16.2. The van der Waals surface area contributed by atoms with E-state index in [4.69, 9.17) is 0 Å². The molecule has 0 saturated carbocycles. The van der Waals surface area contributed by atoms with Gasteiger partial charge >= 0.3 is 6.18 Å². The molecule has 1 aromatic carbocycles. The number of anilines is 1. The zero-order valence-electron chi connectivity index (χ0n) is 15.8. The van der Waals surface area contributed by atoms with Crippen LogP contribution in [-0.4, -0.2) is 40.5 Å². The van der Waals surface area contributed by atoms with Crippen molar-refractivity contribution in [2.45, 2.75) is 51.6 Å². The van der Waals surface area contributed by atoms with Gasteiger partial charge in [-0.2, -0.15) is 13.2 Å². The van der Waals surface area contributed by atoms with Gasteiger partial charge in [-0.25, -0.2) is 4.39 Å². The van der Waals surface area contributed by atoms with Gasteiger partial charge in [-0.05, 0) is 56.4 Å². The summed E-state index contributed by atoms with van der Waals surface area (Å²) in [5, 5.41) is 12.2. The molecule has 156 valence electrons. The molecule has 2 rings (SSSR count). The standard InChI is InChI=1S/C19H24F4N2O3/c1-18(2,28)17(27)25-5-3-12(4-6-25)9-16(26)24-15-8-13(11-20)7-14(10-15)19(21,22)23/h7-8,10,12,28H,3-6,9,11H2,1-2H3,(H,24,26). The summed E-state index contributed by atoms with van der Waals surface area (Å²) in [5.74, 6) is -0.869. The Labute approximate surface area is 160 Å². The van der Waals surface area contributed by atoms with E-state index in [1.807, 2.05) is 0 Å². The minimum atomic E-state index is -4.63. The fourth-order valence-corrected chi connectivity index (χ4v) is 3.21. The van der Waals surface area contributed by atoms with Crippen LogP contribution >= 0.6 is 0 Å². The minimum absolute atomic E-state index is 0.0303. The van der Waals surface area contributed by atoms with E-state index < -0.39 is 29.9 Å². The molecule has 0 bridgehead atoms.